The van der Waals surface area contributed by atoms with E-state index in [2.05, 4.69) is 20.4 Å². The first-order valence-corrected chi connectivity index (χ1v) is 10.1. The van der Waals surface area contributed by atoms with Crippen LogP contribution in [-0.2, 0) is 16.0 Å². The van der Waals surface area contributed by atoms with E-state index in [-0.39, 0.29) is 12.3 Å². The van der Waals surface area contributed by atoms with E-state index in [0.717, 1.165) is 48.3 Å². The minimum atomic E-state index is -1.16. The molecule has 0 spiro atoms. The number of carbonyl (C=O) groups is 2. The summed E-state index contributed by atoms with van der Waals surface area (Å²) in [7, 11) is 0. The van der Waals surface area contributed by atoms with Crippen LogP contribution in [0.15, 0.2) is 6.07 Å². The molecule has 0 unspecified atom stereocenters. The molecule has 0 aromatic carbocycles. The van der Waals surface area contributed by atoms with Crippen molar-refractivity contribution in [2.45, 2.75) is 78.2 Å². The molecule has 8 heteroatoms. The molecule has 0 saturated heterocycles. The maximum Gasteiger partial charge on any atom is 0.329 e. The predicted molar refractivity (Wildman–Crippen MR) is 108 cm³/mol. The van der Waals surface area contributed by atoms with Gasteiger partial charge in [0.1, 0.15) is 5.54 Å². The molecule has 0 aliphatic heterocycles. The van der Waals surface area contributed by atoms with Crippen molar-refractivity contribution in [3.05, 3.63) is 34.4 Å². The molecule has 3 rings (SSSR count). The van der Waals surface area contributed by atoms with Crippen molar-refractivity contribution < 1.29 is 14.7 Å². The molecule has 1 fully saturated rings. The Kier molecular flexibility index (Phi) is 6.00. The number of nitrogens with one attached hydrogen (secondary N) is 1. The first-order valence-electron chi connectivity index (χ1n) is 10.1. The quantitative estimate of drug-likeness (QED) is 0.748. The summed E-state index contributed by atoms with van der Waals surface area (Å²) in [6, 6.07) is 1.89. The van der Waals surface area contributed by atoms with E-state index in [1.54, 1.807) is 4.68 Å². The molecule has 2 aromatic rings. The summed E-state index contributed by atoms with van der Waals surface area (Å²) < 4.78 is 1.65. The Labute approximate surface area is 170 Å². The third kappa shape index (κ3) is 4.46. The summed E-state index contributed by atoms with van der Waals surface area (Å²) in [4.78, 5) is 33.7. The highest BCUT2D eigenvalue weighted by Crippen LogP contribution is 2.28. The van der Waals surface area contributed by atoms with Gasteiger partial charge in [-0.1, -0.05) is 25.7 Å². The number of aromatic nitrogens is 4. The van der Waals surface area contributed by atoms with E-state index in [1.165, 1.54) is 0 Å². The SMILES string of the molecule is Cc1cc(C)nc(-n2nc(C)c(CC(=O)NC3(C(=O)O)CCCCCC3)c2C)n1. The molecule has 1 amide bonds. The molecule has 8 nitrogen and oxygen atoms in total. The van der Waals surface area contributed by atoms with Gasteiger partial charge in [0, 0.05) is 22.6 Å². The summed E-state index contributed by atoms with van der Waals surface area (Å²) in [5.41, 5.74) is 2.80. The number of aliphatic carboxylic acids is 1. The fourth-order valence-electron chi connectivity index (χ4n) is 4.12. The van der Waals surface area contributed by atoms with Gasteiger partial charge >= 0.3 is 5.97 Å². The second kappa shape index (κ2) is 8.31. The van der Waals surface area contributed by atoms with Crippen molar-refractivity contribution in [1.82, 2.24) is 25.1 Å². The molecule has 1 aliphatic rings. The largest absolute Gasteiger partial charge is 0.480 e. The van der Waals surface area contributed by atoms with Crippen LogP contribution in [0.4, 0.5) is 0 Å². The van der Waals surface area contributed by atoms with E-state index >= 15 is 0 Å². The van der Waals surface area contributed by atoms with Crippen molar-refractivity contribution in [1.29, 1.82) is 0 Å². The van der Waals surface area contributed by atoms with Gasteiger partial charge < -0.3 is 10.4 Å². The lowest BCUT2D eigenvalue weighted by molar-refractivity contribution is -0.148. The molecule has 0 atom stereocenters. The van der Waals surface area contributed by atoms with Crippen LogP contribution in [0.25, 0.3) is 5.95 Å². The third-order valence-corrected chi connectivity index (χ3v) is 5.68. The number of amides is 1. The lowest BCUT2D eigenvalue weighted by Gasteiger charge is -2.29. The summed E-state index contributed by atoms with van der Waals surface area (Å²) in [5.74, 6) is -0.762. The second-order valence-corrected chi connectivity index (χ2v) is 8.04. The van der Waals surface area contributed by atoms with Crippen molar-refractivity contribution in [3.8, 4) is 5.95 Å². The second-order valence-electron chi connectivity index (χ2n) is 8.04. The molecular weight excluding hydrogens is 370 g/mol. The van der Waals surface area contributed by atoms with E-state index in [1.807, 2.05) is 33.8 Å². The number of carboxylic acids is 1. The highest BCUT2D eigenvalue weighted by atomic mass is 16.4. The monoisotopic (exact) mass is 399 g/mol. The fourth-order valence-corrected chi connectivity index (χ4v) is 4.12. The number of hydrogen-bond donors (Lipinski definition) is 2. The van der Waals surface area contributed by atoms with Crippen molar-refractivity contribution in [2.24, 2.45) is 0 Å². The minimum absolute atomic E-state index is 0.0808. The number of hydrogen-bond acceptors (Lipinski definition) is 5. The smallest absolute Gasteiger partial charge is 0.329 e. The van der Waals surface area contributed by atoms with E-state index in [9.17, 15) is 14.7 Å². The fraction of sp³-hybridized carbons (Fsp3) is 0.571. The van der Waals surface area contributed by atoms with Gasteiger partial charge in [-0.25, -0.2) is 19.4 Å². The zero-order chi connectivity index (χ0) is 21.2. The normalized spacial score (nSPS) is 16.3. The summed E-state index contributed by atoms with van der Waals surface area (Å²) >= 11 is 0. The molecule has 29 heavy (non-hydrogen) atoms. The van der Waals surface area contributed by atoms with Gasteiger partial charge in [-0.3, -0.25) is 4.79 Å². The number of nitrogens with zero attached hydrogens (tertiary/aromatic N) is 4. The highest BCUT2D eigenvalue weighted by Gasteiger charge is 2.40. The first kappa shape index (κ1) is 21.0. The zero-order valence-corrected chi connectivity index (χ0v) is 17.6. The Bertz CT molecular complexity index is 906. The van der Waals surface area contributed by atoms with Crippen LogP contribution in [0.3, 0.4) is 0 Å². The molecule has 2 N–H and O–H groups in total. The number of aryl methyl sites for hydroxylation is 3. The Balaban J connectivity index is 1.83. The molecule has 0 radical (unpaired) electrons. The van der Waals surface area contributed by atoms with Crippen LogP contribution in [-0.4, -0.2) is 42.3 Å². The molecule has 1 aliphatic carbocycles. The standard InChI is InChI=1S/C21H29N5O3/c1-13-11-14(2)23-20(22-13)26-16(4)17(15(3)25-26)12-18(27)24-21(19(28)29)9-7-5-6-8-10-21/h11H,5-10,12H2,1-4H3,(H,24,27)(H,28,29). The molecule has 2 aromatic heterocycles. The maximum atomic E-state index is 12.8. The van der Waals surface area contributed by atoms with Gasteiger partial charge in [-0.15, -0.1) is 0 Å². The molecular formula is C21H29N5O3. The predicted octanol–water partition coefficient (Wildman–Crippen LogP) is 2.73. The first-order chi connectivity index (χ1) is 13.7. The van der Waals surface area contributed by atoms with Gasteiger partial charge in [0.2, 0.25) is 5.91 Å². The summed E-state index contributed by atoms with van der Waals surface area (Å²) in [6.45, 7) is 7.52. The average Bonchev–Trinajstić information content (AvgIpc) is 2.81. The van der Waals surface area contributed by atoms with Crippen LogP contribution < -0.4 is 5.32 Å². The molecule has 2 heterocycles. The Morgan fingerprint density at radius 1 is 1.07 bits per heavy atom. The molecule has 0 bridgehead atoms. The van der Waals surface area contributed by atoms with E-state index in [0.29, 0.717) is 24.5 Å². The van der Waals surface area contributed by atoms with Gasteiger partial charge in [-0.05, 0) is 46.6 Å². The average molecular weight is 399 g/mol. The van der Waals surface area contributed by atoms with Crippen LogP contribution in [0.1, 0.15) is 66.9 Å². The Morgan fingerprint density at radius 2 is 1.66 bits per heavy atom. The number of carboxylic acid groups (broad SMARTS) is 1. The van der Waals surface area contributed by atoms with Crippen LogP contribution in [0.2, 0.25) is 0 Å². The maximum absolute atomic E-state index is 12.8. The number of carbonyl (C=O) groups excluding carboxylic acids is 1. The van der Waals surface area contributed by atoms with Gasteiger partial charge in [0.05, 0.1) is 12.1 Å². The van der Waals surface area contributed by atoms with Crippen molar-refractivity contribution >= 4 is 11.9 Å². The molecule has 1 saturated carbocycles. The topological polar surface area (TPSA) is 110 Å². The third-order valence-electron chi connectivity index (χ3n) is 5.68. The lowest BCUT2D eigenvalue weighted by Crippen LogP contribution is -2.54. The van der Waals surface area contributed by atoms with Crippen molar-refractivity contribution in [3.63, 3.8) is 0 Å². The van der Waals surface area contributed by atoms with Crippen LogP contribution in [0.5, 0.6) is 0 Å². The lowest BCUT2D eigenvalue weighted by atomic mass is 9.90. The van der Waals surface area contributed by atoms with E-state index < -0.39 is 11.5 Å². The van der Waals surface area contributed by atoms with Gasteiger partial charge in [0.15, 0.2) is 0 Å². The summed E-state index contributed by atoms with van der Waals surface area (Å²) in [5, 5.41) is 17.2. The summed E-state index contributed by atoms with van der Waals surface area (Å²) in [6.07, 6.45) is 4.66. The highest BCUT2D eigenvalue weighted by molar-refractivity contribution is 5.88. The van der Waals surface area contributed by atoms with Crippen LogP contribution in [0, 0.1) is 27.7 Å². The Hall–Kier alpha value is -2.77. The molecule has 156 valence electrons. The van der Waals surface area contributed by atoms with Crippen LogP contribution >= 0.6 is 0 Å². The van der Waals surface area contributed by atoms with Crippen molar-refractivity contribution in [2.75, 3.05) is 0 Å². The zero-order valence-electron chi connectivity index (χ0n) is 17.6. The van der Waals surface area contributed by atoms with Gasteiger partial charge in [0.25, 0.3) is 5.95 Å². The number of rotatable bonds is 5. The Morgan fingerprint density at radius 3 is 2.21 bits per heavy atom. The van der Waals surface area contributed by atoms with E-state index in [4.69, 9.17) is 0 Å². The minimum Gasteiger partial charge on any atom is -0.480 e. The van der Waals surface area contributed by atoms with Gasteiger partial charge in [-0.2, -0.15) is 5.10 Å².